The molecule has 0 saturated carbocycles. The van der Waals surface area contributed by atoms with Crippen LogP contribution >= 0.6 is 0 Å². The second-order valence-corrected chi connectivity index (χ2v) is 9.44. The van der Waals surface area contributed by atoms with Gasteiger partial charge in [-0.15, -0.1) is 0 Å². The monoisotopic (exact) mass is 594 g/mol. The van der Waals surface area contributed by atoms with Gasteiger partial charge in [-0.3, -0.25) is 4.90 Å². The summed E-state index contributed by atoms with van der Waals surface area (Å²) in [6.07, 6.45) is -0.402. The maximum atomic E-state index is 9.50. The number of aryl methyl sites for hydroxylation is 1. The number of hydrogen-bond donors (Lipinski definition) is 1. The first-order valence-electron chi connectivity index (χ1n) is 14.3. The Labute approximate surface area is 251 Å². The van der Waals surface area contributed by atoms with Crippen molar-refractivity contribution in [1.29, 1.82) is 0 Å². The Morgan fingerprint density at radius 1 is 0.714 bits per heavy atom. The van der Waals surface area contributed by atoms with Gasteiger partial charge in [0.2, 0.25) is 5.75 Å². The van der Waals surface area contributed by atoms with Crippen molar-refractivity contribution >= 4 is 5.69 Å². The van der Waals surface area contributed by atoms with E-state index in [0.717, 1.165) is 12.2 Å². The van der Waals surface area contributed by atoms with Crippen LogP contribution in [0.15, 0.2) is 42.5 Å². The van der Waals surface area contributed by atoms with E-state index in [1.54, 1.807) is 28.4 Å². The number of aliphatic hydroxyl groups excluding tert-OH is 1. The van der Waals surface area contributed by atoms with Crippen LogP contribution in [0.1, 0.15) is 5.56 Å². The number of para-hydroxylation sites is 1. The second-order valence-electron chi connectivity index (χ2n) is 9.44. The number of benzene rings is 2. The first-order chi connectivity index (χ1) is 20.6. The zero-order valence-corrected chi connectivity index (χ0v) is 25.9. The largest absolute Gasteiger partial charge is 0.493 e. The molecule has 2 aromatic rings. The molecule has 0 radical (unpaired) electrons. The van der Waals surface area contributed by atoms with Gasteiger partial charge in [0.05, 0.1) is 60.5 Å². The summed E-state index contributed by atoms with van der Waals surface area (Å²) in [6.45, 7) is 8.61. The Hall–Kier alpha value is -2.64. The molecule has 0 amide bonds. The minimum atomic E-state index is -0.402. The van der Waals surface area contributed by atoms with Crippen LogP contribution in [-0.4, -0.2) is 130 Å². The van der Waals surface area contributed by atoms with E-state index in [1.165, 1.54) is 5.56 Å². The average Bonchev–Trinajstić information content (AvgIpc) is 3.01. The van der Waals surface area contributed by atoms with Crippen LogP contribution in [-0.2, 0) is 23.7 Å². The van der Waals surface area contributed by atoms with Crippen LogP contribution in [0.25, 0.3) is 0 Å². The van der Waals surface area contributed by atoms with E-state index in [1.807, 2.05) is 18.2 Å². The zero-order chi connectivity index (χ0) is 30.4. The lowest BCUT2D eigenvalue weighted by Gasteiger charge is -2.28. The Morgan fingerprint density at radius 2 is 1.36 bits per heavy atom. The number of aliphatic hydroxyl groups is 1. The minimum Gasteiger partial charge on any atom is -0.493 e. The van der Waals surface area contributed by atoms with E-state index < -0.39 is 6.29 Å². The lowest BCUT2D eigenvalue weighted by molar-refractivity contribution is -0.136. The summed E-state index contributed by atoms with van der Waals surface area (Å²) in [7, 11) is 6.52. The van der Waals surface area contributed by atoms with Gasteiger partial charge >= 0.3 is 0 Å². The first-order valence-corrected chi connectivity index (χ1v) is 14.3. The van der Waals surface area contributed by atoms with E-state index in [0.29, 0.717) is 89.7 Å². The molecule has 0 bridgehead atoms. The number of methoxy groups -OCH3 is 4. The van der Waals surface area contributed by atoms with Gasteiger partial charge in [0, 0.05) is 52.6 Å². The Morgan fingerprint density at radius 3 is 1.98 bits per heavy atom. The third-order valence-corrected chi connectivity index (χ3v) is 6.50. The molecule has 0 saturated heterocycles. The molecule has 11 nitrogen and oxygen atoms in total. The fraction of sp³-hybridized carbons (Fsp3) is 0.613. The summed E-state index contributed by atoms with van der Waals surface area (Å²) < 4.78 is 44.9. The molecular formula is C31H50N2O9. The standard InChI is InChI=1S/C31H50N2O9/c1-26-9-11-27(12-10-26)33(13-17-34)16-20-41-30(38-5)25-32(14-18-35-2)15-19-39-21-22-40-23-24-42-31-28(36-3)7-6-8-29(31)37-4/h6-12,30,34H,13-25H2,1-5H3. The quantitative estimate of drug-likeness (QED) is 0.136. The smallest absolute Gasteiger partial charge is 0.203 e. The molecule has 1 atom stereocenters. The van der Waals surface area contributed by atoms with Crippen LogP contribution in [0.5, 0.6) is 17.2 Å². The summed E-state index contributed by atoms with van der Waals surface area (Å²) in [4.78, 5) is 4.30. The molecule has 11 heteroatoms. The van der Waals surface area contributed by atoms with Gasteiger partial charge < -0.3 is 47.9 Å². The van der Waals surface area contributed by atoms with Crippen molar-refractivity contribution in [3.63, 3.8) is 0 Å². The summed E-state index contributed by atoms with van der Waals surface area (Å²) in [5.74, 6) is 1.79. The van der Waals surface area contributed by atoms with Gasteiger partial charge in [0.1, 0.15) is 6.61 Å². The van der Waals surface area contributed by atoms with E-state index in [-0.39, 0.29) is 6.61 Å². The lowest BCUT2D eigenvalue weighted by atomic mass is 10.2. The van der Waals surface area contributed by atoms with Crippen molar-refractivity contribution in [3.05, 3.63) is 48.0 Å². The van der Waals surface area contributed by atoms with E-state index in [2.05, 4.69) is 41.0 Å². The summed E-state index contributed by atoms with van der Waals surface area (Å²) in [5, 5.41) is 9.50. The normalized spacial score (nSPS) is 12.0. The van der Waals surface area contributed by atoms with Gasteiger partial charge in [0.15, 0.2) is 17.8 Å². The first kappa shape index (κ1) is 35.6. The molecule has 42 heavy (non-hydrogen) atoms. The number of anilines is 1. The topological polar surface area (TPSA) is 101 Å². The van der Waals surface area contributed by atoms with Gasteiger partial charge in [-0.2, -0.15) is 0 Å². The van der Waals surface area contributed by atoms with Gasteiger partial charge in [0.25, 0.3) is 0 Å². The Bertz CT molecular complexity index is 926. The molecule has 0 heterocycles. The van der Waals surface area contributed by atoms with E-state index in [9.17, 15) is 5.11 Å². The van der Waals surface area contributed by atoms with Gasteiger partial charge in [-0.05, 0) is 31.2 Å². The highest BCUT2D eigenvalue weighted by Crippen LogP contribution is 2.36. The van der Waals surface area contributed by atoms with Crippen LogP contribution in [0.3, 0.4) is 0 Å². The zero-order valence-electron chi connectivity index (χ0n) is 25.9. The molecule has 238 valence electrons. The molecule has 0 aliphatic carbocycles. The lowest BCUT2D eigenvalue weighted by Crippen LogP contribution is -2.40. The molecule has 2 rings (SSSR count). The average molecular weight is 595 g/mol. The van der Waals surface area contributed by atoms with Crippen LogP contribution < -0.4 is 19.1 Å². The predicted molar refractivity (Wildman–Crippen MR) is 162 cm³/mol. The third kappa shape index (κ3) is 13.6. The van der Waals surface area contributed by atoms with Crippen LogP contribution in [0, 0.1) is 6.92 Å². The Balaban J connectivity index is 1.66. The van der Waals surface area contributed by atoms with Gasteiger partial charge in [-0.1, -0.05) is 23.8 Å². The maximum absolute atomic E-state index is 9.50. The van der Waals surface area contributed by atoms with Crippen molar-refractivity contribution < 1.29 is 43.0 Å². The number of hydrogen-bond acceptors (Lipinski definition) is 11. The predicted octanol–water partition coefficient (Wildman–Crippen LogP) is 2.86. The van der Waals surface area contributed by atoms with Crippen molar-refractivity contribution in [2.75, 3.05) is 119 Å². The van der Waals surface area contributed by atoms with E-state index >= 15 is 0 Å². The van der Waals surface area contributed by atoms with Crippen molar-refractivity contribution in [2.45, 2.75) is 13.2 Å². The van der Waals surface area contributed by atoms with Crippen molar-refractivity contribution in [1.82, 2.24) is 4.90 Å². The minimum absolute atomic E-state index is 0.0728. The Kier molecular flexibility index (Phi) is 18.6. The van der Waals surface area contributed by atoms with Crippen LogP contribution in [0.4, 0.5) is 5.69 Å². The van der Waals surface area contributed by atoms with E-state index in [4.69, 9.17) is 37.9 Å². The molecule has 0 aliphatic rings. The fourth-order valence-electron chi connectivity index (χ4n) is 4.14. The molecule has 1 unspecified atom stereocenters. The number of nitrogens with zero attached hydrogens (tertiary/aromatic N) is 2. The molecule has 2 aromatic carbocycles. The molecule has 0 aliphatic heterocycles. The molecule has 0 fully saturated rings. The van der Waals surface area contributed by atoms with Crippen molar-refractivity contribution in [3.8, 4) is 17.2 Å². The maximum Gasteiger partial charge on any atom is 0.203 e. The molecule has 1 N–H and O–H groups in total. The molecule has 0 aromatic heterocycles. The summed E-state index contributed by atoms with van der Waals surface area (Å²) in [6, 6.07) is 13.7. The molecule has 0 spiro atoms. The highest BCUT2D eigenvalue weighted by atomic mass is 16.7. The van der Waals surface area contributed by atoms with Crippen LogP contribution in [0.2, 0.25) is 0 Å². The highest BCUT2D eigenvalue weighted by Gasteiger charge is 2.16. The van der Waals surface area contributed by atoms with Crippen molar-refractivity contribution in [2.24, 2.45) is 0 Å². The summed E-state index contributed by atoms with van der Waals surface area (Å²) >= 11 is 0. The number of ether oxygens (including phenoxy) is 8. The fourth-order valence-corrected chi connectivity index (χ4v) is 4.14. The molecular weight excluding hydrogens is 544 g/mol. The van der Waals surface area contributed by atoms with Gasteiger partial charge in [-0.25, -0.2) is 0 Å². The third-order valence-electron chi connectivity index (χ3n) is 6.50. The summed E-state index contributed by atoms with van der Waals surface area (Å²) in [5.41, 5.74) is 2.25. The number of rotatable bonds is 25. The SMILES string of the molecule is COCCN(CCOCCOCCOc1c(OC)cccc1OC)CC(OC)OCCN(CCO)c1ccc(C)cc1. The second kappa shape index (κ2) is 22.0. The highest BCUT2D eigenvalue weighted by molar-refractivity contribution is 5.51.